The zero-order chi connectivity index (χ0) is 24.6. The average Bonchev–Trinajstić information content (AvgIpc) is 3.26. The van der Waals surface area contributed by atoms with Crippen LogP contribution in [0.1, 0.15) is 12.5 Å². The zero-order valence-electron chi connectivity index (χ0n) is 20.4. The SMILES string of the molecule is Cc1cc(Nc2ncnc3ccc(N4CCNC[C@@H]4C)nc23)ccc1Oc1ccc2c(c1)nnn2C. The molecule has 1 saturated heterocycles. The van der Waals surface area contributed by atoms with Crippen molar-refractivity contribution < 1.29 is 4.74 Å². The molecule has 0 bridgehead atoms. The first-order valence-electron chi connectivity index (χ1n) is 12.0. The molecular formula is C26H27N9O. The molecule has 10 nitrogen and oxygen atoms in total. The first-order chi connectivity index (χ1) is 17.5. The summed E-state index contributed by atoms with van der Waals surface area (Å²) >= 11 is 0. The highest BCUT2D eigenvalue weighted by Gasteiger charge is 2.20. The molecule has 2 N–H and O–H groups in total. The lowest BCUT2D eigenvalue weighted by molar-refractivity contribution is 0.479. The van der Waals surface area contributed by atoms with E-state index in [2.05, 4.69) is 42.7 Å². The van der Waals surface area contributed by atoms with Gasteiger partial charge in [-0.3, -0.25) is 0 Å². The van der Waals surface area contributed by atoms with Gasteiger partial charge in [-0.05, 0) is 61.9 Å². The van der Waals surface area contributed by atoms with Crippen molar-refractivity contribution in [3.05, 3.63) is 60.4 Å². The monoisotopic (exact) mass is 481 g/mol. The second-order valence-electron chi connectivity index (χ2n) is 9.08. The van der Waals surface area contributed by atoms with Crippen molar-refractivity contribution in [1.29, 1.82) is 0 Å². The van der Waals surface area contributed by atoms with E-state index in [9.17, 15) is 0 Å². The molecular weight excluding hydrogens is 454 g/mol. The highest BCUT2D eigenvalue weighted by atomic mass is 16.5. The van der Waals surface area contributed by atoms with Gasteiger partial charge >= 0.3 is 0 Å². The van der Waals surface area contributed by atoms with Crippen molar-refractivity contribution in [2.24, 2.45) is 7.05 Å². The summed E-state index contributed by atoms with van der Waals surface area (Å²) in [6.07, 6.45) is 1.56. The van der Waals surface area contributed by atoms with Crippen LogP contribution in [0.5, 0.6) is 11.5 Å². The second-order valence-corrected chi connectivity index (χ2v) is 9.08. The van der Waals surface area contributed by atoms with E-state index in [0.717, 1.165) is 64.5 Å². The molecule has 3 aromatic heterocycles. The van der Waals surface area contributed by atoms with Crippen LogP contribution in [-0.4, -0.2) is 55.6 Å². The van der Waals surface area contributed by atoms with Gasteiger partial charge in [-0.25, -0.2) is 19.6 Å². The van der Waals surface area contributed by atoms with Gasteiger partial charge in [0.15, 0.2) is 5.82 Å². The Morgan fingerprint density at radius 3 is 2.83 bits per heavy atom. The van der Waals surface area contributed by atoms with Gasteiger partial charge in [-0.2, -0.15) is 0 Å². The Balaban J connectivity index is 1.25. The van der Waals surface area contributed by atoms with E-state index in [1.54, 1.807) is 11.0 Å². The number of aryl methyl sites for hydroxylation is 2. The van der Waals surface area contributed by atoms with Crippen LogP contribution in [0, 0.1) is 6.92 Å². The molecule has 5 aromatic rings. The van der Waals surface area contributed by atoms with Crippen LogP contribution in [-0.2, 0) is 7.05 Å². The molecule has 1 atom stereocenters. The molecule has 4 heterocycles. The number of rotatable bonds is 5. The molecule has 6 rings (SSSR count). The standard InChI is InChI=1S/C26H27N9O/c1-16-12-18(4-8-23(16)36-19-5-7-22-21(13-19)32-33-34(22)3)30-26-25-20(28-15-29-26)6-9-24(31-25)35-11-10-27-14-17(35)2/h4-9,12-13,15,17,27H,10-11,14H2,1-3H3,(H,28,29,30)/t17-/m0/s1. The molecule has 10 heteroatoms. The highest BCUT2D eigenvalue weighted by Crippen LogP contribution is 2.31. The number of ether oxygens (including phenoxy) is 1. The Morgan fingerprint density at radius 1 is 1.06 bits per heavy atom. The predicted octanol–water partition coefficient (Wildman–Crippen LogP) is 3.95. The summed E-state index contributed by atoms with van der Waals surface area (Å²) in [5.41, 5.74) is 5.18. The molecule has 2 aromatic carbocycles. The van der Waals surface area contributed by atoms with E-state index < -0.39 is 0 Å². The Kier molecular flexibility index (Phi) is 5.57. The van der Waals surface area contributed by atoms with Crippen LogP contribution in [0.25, 0.3) is 22.1 Å². The first-order valence-corrected chi connectivity index (χ1v) is 12.0. The molecule has 182 valence electrons. The number of aromatic nitrogens is 6. The molecule has 0 unspecified atom stereocenters. The number of pyridine rings is 1. The van der Waals surface area contributed by atoms with Crippen molar-refractivity contribution in [2.75, 3.05) is 29.9 Å². The highest BCUT2D eigenvalue weighted by molar-refractivity contribution is 5.88. The van der Waals surface area contributed by atoms with Gasteiger partial charge in [0, 0.05) is 44.5 Å². The Morgan fingerprint density at radius 2 is 1.97 bits per heavy atom. The van der Waals surface area contributed by atoms with Gasteiger partial charge in [-0.15, -0.1) is 5.10 Å². The number of benzene rings is 2. The predicted molar refractivity (Wildman–Crippen MR) is 140 cm³/mol. The molecule has 0 radical (unpaired) electrons. The third kappa shape index (κ3) is 4.16. The van der Waals surface area contributed by atoms with E-state index in [-0.39, 0.29) is 0 Å². The van der Waals surface area contributed by atoms with Crippen LogP contribution in [0.2, 0.25) is 0 Å². The van der Waals surface area contributed by atoms with Crippen LogP contribution >= 0.6 is 0 Å². The lowest BCUT2D eigenvalue weighted by atomic mass is 10.2. The van der Waals surface area contributed by atoms with Crippen molar-refractivity contribution in [2.45, 2.75) is 19.9 Å². The number of hydrogen-bond donors (Lipinski definition) is 2. The first kappa shape index (κ1) is 22.2. The van der Waals surface area contributed by atoms with Gasteiger partial charge in [0.2, 0.25) is 0 Å². The van der Waals surface area contributed by atoms with Crippen molar-refractivity contribution in [3.63, 3.8) is 0 Å². The number of anilines is 3. The van der Waals surface area contributed by atoms with Crippen LogP contribution in [0.3, 0.4) is 0 Å². The van der Waals surface area contributed by atoms with Gasteiger partial charge in [0.05, 0.1) is 11.0 Å². The van der Waals surface area contributed by atoms with E-state index in [4.69, 9.17) is 9.72 Å². The molecule has 1 aliphatic heterocycles. The molecule has 36 heavy (non-hydrogen) atoms. The molecule has 0 aliphatic carbocycles. The van der Waals surface area contributed by atoms with Gasteiger partial charge < -0.3 is 20.3 Å². The fourth-order valence-electron chi connectivity index (χ4n) is 4.55. The lowest BCUT2D eigenvalue weighted by Crippen LogP contribution is -2.50. The summed E-state index contributed by atoms with van der Waals surface area (Å²) in [7, 11) is 1.87. The number of piperazine rings is 1. The molecule has 1 fully saturated rings. The van der Waals surface area contributed by atoms with E-state index in [1.807, 2.05) is 62.5 Å². The van der Waals surface area contributed by atoms with E-state index in [0.29, 0.717) is 17.6 Å². The van der Waals surface area contributed by atoms with E-state index in [1.165, 1.54) is 0 Å². The maximum Gasteiger partial charge on any atom is 0.160 e. The third-order valence-corrected chi connectivity index (χ3v) is 6.51. The summed E-state index contributed by atoms with van der Waals surface area (Å²) in [5.74, 6) is 3.09. The molecule has 1 aliphatic rings. The van der Waals surface area contributed by atoms with Crippen LogP contribution in [0.15, 0.2) is 54.9 Å². The normalized spacial score (nSPS) is 16.0. The molecule has 0 saturated carbocycles. The Hall–Kier alpha value is -4.31. The molecule has 0 spiro atoms. The average molecular weight is 482 g/mol. The summed E-state index contributed by atoms with van der Waals surface area (Å²) < 4.78 is 7.88. The van der Waals surface area contributed by atoms with Crippen molar-refractivity contribution >= 4 is 39.4 Å². The van der Waals surface area contributed by atoms with Gasteiger partial charge in [0.1, 0.15) is 34.7 Å². The Labute approximate surface area is 208 Å². The van der Waals surface area contributed by atoms with Gasteiger partial charge in [0.25, 0.3) is 0 Å². The number of fused-ring (bicyclic) bond motifs is 2. The largest absolute Gasteiger partial charge is 0.457 e. The van der Waals surface area contributed by atoms with E-state index >= 15 is 0 Å². The summed E-state index contributed by atoms with van der Waals surface area (Å²) in [5, 5.41) is 15.1. The van der Waals surface area contributed by atoms with Gasteiger partial charge in [-0.1, -0.05) is 5.21 Å². The van der Waals surface area contributed by atoms with Crippen molar-refractivity contribution in [3.8, 4) is 11.5 Å². The maximum atomic E-state index is 6.14. The second kappa shape index (κ2) is 9.04. The van der Waals surface area contributed by atoms with Crippen LogP contribution < -0.4 is 20.3 Å². The zero-order valence-corrected chi connectivity index (χ0v) is 20.4. The van der Waals surface area contributed by atoms with Crippen molar-refractivity contribution in [1.82, 2.24) is 35.3 Å². The number of nitrogens with zero attached hydrogens (tertiary/aromatic N) is 7. The quantitative estimate of drug-likeness (QED) is 0.386. The minimum Gasteiger partial charge on any atom is -0.457 e. The number of hydrogen-bond acceptors (Lipinski definition) is 9. The fraction of sp³-hybridized carbons (Fsp3) is 0.269. The lowest BCUT2D eigenvalue weighted by Gasteiger charge is -2.35. The molecule has 0 amide bonds. The summed E-state index contributed by atoms with van der Waals surface area (Å²) in [6.45, 7) is 7.02. The van der Waals surface area contributed by atoms with Crippen LogP contribution in [0.4, 0.5) is 17.3 Å². The topological polar surface area (TPSA) is 106 Å². The Bertz CT molecular complexity index is 1560. The number of nitrogens with one attached hydrogen (secondary N) is 2. The minimum absolute atomic E-state index is 0.370. The smallest absolute Gasteiger partial charge is 0.160 e. The maximum absolute atomic E-state index is 6.14. The fourth-order valence-corrected chi connectivity index (χ4v) is 4.55. The minimum atomic E-state index is 0.370. The third-order valence-electron chi connectivity index (χ3n) is 6.51. The summed E-state index contributed by atoms with van der Waals surface area (Å²) in [6, 6.07) is 16.1. The summed E-state index contributed by atoms with van der Waals surface area (Å²) in [4.78, 5) is 16.2.